The maximum Gasteiger partial charge on any atom is 0.352 e. The zero-order valence-electron chi connectivity index (χ0n) is 10.2. The van der Waals surface area contributed by atoms with E-state index in [9.17, 15) is 14.4 Å². The van der Waals surface area contributed by atoms with E-state index in [-0.39, 0.29) is 22.6 Å². The highest BCUT2D eigenvalue weighted by atomic mass is 35.5. The van der Waals surface area contributed by atoms with E-state index < -0.39 is 17.4 Å². The second-order valence-corrected chi connectivity index (χ2v) is 4.32. The van der Waals surface area contributed by atoms with E-state index >= 15 is 0 Å². The molecule has 0 aliphatic heterocycles. The number of alkyl halides is 1. The average Bonchev–Trinajstić information content (AvgIpc) is 2.48. The fraction of sp³-hybridized carbons (Fsp3) is 0.364. The monoisotopic (exact) mass is 272 g/mol. The number of carboxylic acids is 1. The second kappa shape index (κ2) is 4.81. The van der Waals surface area contributed by atoms with Crippen LogP contribution in [0, 0.1) is 13.8 Å². The zero-order chi connectivity index (χ0) is 14.2. The van der Waals surface area contributed by atoms with Crippen molar-refractivity contribution in [3.05, 3.63) is 22.5 Å². The molecule has 7 heteroatoms. The number of carbonyl (C=O) groups is 3. The minimum Gasteiger partial charge on any atom is -0.477 e. The molecule has 1 atom stereocenters. The van der Waals surface area contributed by atoms with E-state index in [0.717, 1.165) is 4.57 Å². The molecule has 0 saturated carbocycles. The third-order valence-electron chi connectivity index (χ3n) is 2.71. The minimum absolute atomic E-state index is 0.198. The average molecular weight is 273 g/mol. The summed E-state index contributed by atoms with van der Waals surface area (Å²) in [5, 5.41) is 9.15. The summed E-state index contributed by atoms with van der Waals surface area (Å²) >= 11 is 5.80. The van der Waals surface area contributed by atoms with Gasteiger partial charge < -0.3 is 15.4 Å². The van der Waals surface area contributed by atoms with Crippen LogP contribution in [0.3, 0.4) is 0 Å². The number of carbonyl (C=O) groups excluding carboxylic acids is 2. The lowest BCUT2D eigenvalue weighted by atomic mass is 10.1. The summed E-state index contributed by atoms with van der Waals surface area (Å²) in [7, 11) is 0. The normalized spacial score (nSPS) is 12.2. The Morgan fingerprint density at radius 3 is 2.17 bits per heavy atom. The zero-order valence-corrected chi connectivity index (χ0v) is 10.9. The van der Waals surface area contributed by atoms with Crippen LogP contribution in [0.4, 0.5) is 0 Å². The van der Waals surface area contributed by atoms with Gasteiger partial charge in [-0.05, 0) is 26.3 Å². The fourth-order valence-corrected chi connectivity index (χ4v) is 2.30. The highest BCUT2D eigenvalue weighted by molar-refractivity contribution is 6.28. The predicted octanol–water partition coefficient (Wildman–Crippen LogP) is 1.23. The topological polar surface area (TPSA) is 102 Å². The lowest BCUT2D eigenvalue weighted by Gasteiger charge is -2.13. The van der Waals surface area contributed by atoms with Crippen molar-refractivity contribution in [1.29, 1.82) is 0 Å². The molecular formula is C11H13ClN2O4. The van der Waals surface area contributed by atoms with E-state index in [0.29, 0.717) is 5.69 Å². The molecule has 0 spiro atoms. The number of aromatic carboxylic acids is 1. The van der Waals surface area contributed by atoms with Gasteiger partial charge in [0.2, 0.25) is 0 Å². The lowest BCUT2D eigenvalue weighted by Crippen LogP contribution is -2.25. The first-order valence-electron chi connectivity index (χ1n) is 5.09. The highest BCUT2D eigenvalue weighted by Gasteiger charge is 2.29. The molecule has 0 aliphatic rings. The van der Waals surface area contributed by atoms with Crippen LogP contribution in [0.15, 0.2) is 0 Å². The number of nitrogens with two attached hydrogens (primary N) is 1. The Labute approximate surface area is 108 Å². The number of rotatable bonds is 4. The summed E-state index contributed by atoms with van der Waals surface area (Å²) in [6.07, 6.45) is 0. The van der Waals surface area contributed by atoms with Gasteiger partial charge in [-0.3, -0.25) is 9.59 Å². The van der Waals surface area contributed by atoms with Gasteiger partial charge in [0.1, 0.15) is 5.69 Å². The van der Waals surface area contributed by atoms with E-state index in [2.05, 4.69) is 0 Å². The van der Waals surface area contributed by atoms with Crippen molar-refractivity contribution in [2.75, 3.05) is 0 Å². The Balaban J connectivity index is 3.69. The molecule has 98 valence electrons. The van der Waals surface area contributed by atoms with Gasteiger partial charge in [0.05, 0.1) is 0 Å². The Morgan fingerprint density at radius 2 is 1.83 bits per heavy atom. The molecule has 0 saturated heterocycles. The largest absolute Gasteiger partial charge is 0.477 e. The van der Waals surface area contributed by atoms with Crippen LogP contribution < -0.4 is 5.73 Å². The van der Waals surface area contributed by atoms with Crippen LogP contribution >= 0.6 is 11.6 Å². The van der Waals surface area contributed by atoms with Crippen molar-refractivity contribution in [1.82, 2.24) is 4.57 Å². The van der Waals surface area contributed by atoms with Crippen molar-refractivity contribution in [2.45, 2.75) is 26.3 Å². The maximum absolute atomic E-state index is 11.5. The number of carboxylic acid groups (broad SMARTS) is 1. The summed E-state index contributed by atoms with van der Waals surface area (Å²) in [5.41, 5.74) is 4.37. The molecule has 1 unspecified atom stereocenters. The second-order valence-electron chi connectivity index (χ2n) is 3.90. The molecule has 1 rings (SSSR count). The first kappa shape index (κ1) is 14.2. The van der Waals surface area contributed by atoms with Gasteiger partial charge in [0, 0.05) is 11.3 Å². The molecule has 0 radical (unpaired) electrons. The molecule has 1 aromatic heterocycles. The molecule has 0 bridgehead atoms. The molecule has 1 amide bonds. The van der Waals surface area contributed by atoms with Gasteiger partial charge in [0.25, 0.3) is 5.91 Å². The molecule has 1 heterocycles. The number of hydrogen-bond donors (Lipinski definition) is 2. The molecule has 3 N–H and O–H groups in total. The Bertz CT molecular complexity index is 548. The number of primary amides is 1. The number of aromatic nitrogens is 1. The summed E-state index contributed by atoms with van der Waals surface area (Å²) in [6, 6.07) is 0. The summed E-state index contributed by atoms with van der Waals surface area (Å²) in [4.78, 5) is 33.8. The lowest BCUT2D eigenvalue weighted by molar-refractivity contribution is -0.119. The van der Waals surface area contributed by atoms with Crippen molar-refractivity contribution >= 4 is 29.3 Å². The third kappa shape index (κ3) is 2.11. The Morgan fingerprint density at radius 1 is 1.33 bits per heavy atom. The van der Waals surface area contributed by atoms with Crippen LogP contribution in [0.5, 0.6) is 0 Å². The number of hydrogen-bond acceptors (Lipinski definition) is 3. The standard InChI is InChI=1S/C11H13ClN2O4/c1-4-7(6(3)15)5(2)14(8(4)11(17)18)9(12)10(13)16/h9H,1-3H3,(H2,13,16)(H,17,18). The number of Topliss-reactive ketones (excluding diaryl/α,β-unsaturated/α-hetero) is 1. The van der Waals surface area contributed by atoms with E-state index in [1.165, 1.54) is 20.8 Å². The summed E-state index contributed by atoms with van der Waals surface area (Å²) in [6.45, 7) is 4.33. The van der Waals surface area contributed by atoms with Gasteiger partial charge in [-0.25, -0.2) is 4.79 Å². The van der Waals surface area contributed by atoms with Gasteiger partial charge in [-0.1, -0.05) is 11.6 Å². The molecule has 6 nitrogen and oxygen atoms in total. The SMILES string of the molecule is CC(=O)c1c(C)c(C(=O)O)n(C(Cl)C(N)=O)c1C. The number of halogens is 1. The fourth-order valence-electron chi connectivity index (χ4n) is 2.05. The summed E-state index contributed by atoms with van der Waals surface area (Å²) < 4.78 is 1.07. The van der Waals surface area contributed by atoms with Crippen LogP contribution in [-0.2, 0) is 4.79 Å². The first-order valence-corrected chi connectivity index (χ1v) is 5.52. The molecular weight excluding hydrogens is 260 g/mol. The first-order chi connectivity index (χ1) is 8.20. The molecule has 18 heavy (non-hydrogen) atoms. The predicted molar refractivity (Wildman–Crippen MR) is 65.0 cm³/mol. The van der Waals surface area contributed by atoms with Gasteiger partial charge in [0.15, 0.2) is 11.3 Å². The van der Waals surface area contributed by atoms with Gasteiger partial charge >= 0.3 is 5.97 Å². The van der Waals surface area contributed by atoms with E-state index in [1.54, 1.807) is 0 Å². The molecule has 0 aliphatic carbocycles. The van der Waals surface area contributed by atoms with Crippen molar-refractivity contribution in [2.24, 2.45) is 5.73 Å². The number of amides is 1. The van der Waals surface area contributed by atoms with Crippen molar-refractivity contribution in [3.63, 3.8) is 0 Å². The Hall–Kier alpha value is -1.82. The number of ketones is 1. The number of nitrogens with zero attached hydrogens (tertiary/aromatic N) is 1. The van der Waals surface area contributed by atoms with Crippen LogP contribution in [0.1, 0.15) is 44.5 Å². The van der Waals surface area contributed by atoms with Crippen LogP contribution in [0.25, 0.3) is 0 Å². The summed E-state index contributed by atoms with van der Waals surface area (Å²) in [5.74, 6) is -2.44. The Kier molecular flexibility index (Phi) is 3.81. The van der Waals surface area contributed by atoms with E-state index in [4.69, 9.17) is 22.4 Å². The maximum atomic E-state index is 11.5. The minimum atomic E-state index is -1.34. The van der Waals surface area contributed by atoms with Gasteiger partial charge in [-0.2, -0.15) is 0 Å². The molecule has 0 aromatic carbocycles. The van der Waals surface area contributed by atoms with Crippen LogP contribution in [-0.4, -0.2) is 27.3 Å². The van der Waals surface area contributed by atoms with Crippen molar-refractivity contribution < 1.29 is 19.5 Å². The third-order valence-corrected chi connectivity index (χ3v) is 3.12. The molecule has 0 fully saturated rings. The van der Waals surface area contributed by atoms with E-state index in [1.807, 2.05) is 0 Å². The van der Waals surface area contributed by atoms with Crippen molar-refractivity contribution in [3.8, 4) is 0 Å². The quantitative estimate of drug-likeness (QED) is 0.635. The highest BCUT2D eigenvalue weighted by Crippen LogP contribution is 2.28. The van der Waals surface area contributed by atoms with Gasteiger partial charge in [-0.15, -0.1) is 0 Å². The smallest absolute Gasteiger partial charge is 0.352 e. The van der Waals surface area contributed by atoms with Crippen LogP contribution in [0.2, 0.25) is 0 Å². The molecule has 1 aromatic rings.